The van der Waals surface area contributed by atoms with Crippen molar-refractivity contribution in [3.05, 3.63) is 52.7 Å². The Morgan fingerprint density at radius 2 is 1.77 bits per heavy atom. The fraction of sp³-hybridized carbons (Fsp3) is 0.452. The largest absolute Gasteiger partial charge is 0.481 e. The smallest absolute Gasteiger partial charge is 0.320 e. The Kier molecular flexibility index (Phi) is 14.9. The molecule has 17 heteroatoms. The zero-order valence-corrected chi connectivity index (χ0v) is 27.8. The molecule has 4 rings (SSSR count). The van der Waals surface area contributed by atoms with Gasteiger partial charge in [-0.3, -0.25) is 19.8 Å². The number of aliphatic carboxylic acids is 2. The number of unbranched alkanes of at least 4 members (excludes halogenated alkanes) is 1. The van der Waals surface area contributed by atoms with Crippen LogP contribution >= 0.6 is 0 Å². The number of hydrogen-bond acceptors (Lipinski definition) is 9. The molecule has 2 heterocycles. The van der Waals surface area contributed by atoms with Gasteiger partial charge in [-0.25, -0.2) is 18.1 Å². The number of sulfonamides is 1. The number of guanidine groups is 1. The van der Waals surface area contributed by atoms with Crippen molar-refractivity contribution in [1.82, 2.24) is 20.3 Å². The van der Waals surface area contributed by atoms with Gasteiger partial charge < -0.3 is 42.2 Å². The number of nitrogens with one attached hydrogen (secondary N) is 4. The number of carbonyl (C=O) groups is 3. The van der Waals surface area contributed by atoms with Gasteiger partial charge in [-0.15, -0.1) is 0 Å². The maximum atomic E-state index is 12.8. The summed E-state index contributed by atoms with van der Waals surface area (Å²) in [6.45, 7) is 2.62. The first-order valence-corrected chi connectivity index (χ1v) is 16.9. The summed E-state index contributed by atoms with van der Waals surface area (Å²) in [5, 5.41) is 29.7. The van der Waals surface area contributed by atoms with Crippen LogP contribution in [0.25, 0.3) is 22.4 Å². The van der Waals surface area contributed by atoms with E-state index in [1.807, 2.05) is 37.3 Å². The highest BCUT2D eigenvalue weighted by molar-refractivity contribution is 7.88. The summed E-state index contributed by atoms with van der Waals surface area (Å²) in [6.07, 6.45) is 3.67. The van der Waals surface area contributed by atoms with Crippen molar-refractivity contribution in [2.75, 3.05) is 20.1 Å². The Labute approximate surface area is 278 Å². The van der Waals surface area contributed by atoms with Crippen LogP contribution in [-0.2, 0) is 25.4 Å². The Bertz CT molecular complexity index is 1690. The van der Waals surface area contributed by atoms with E-state index >= 15 is 0 Å². The predicted molar refractivity (Wildman–Crippen MR) is 180 cm³/mol. The number of hydrogen-bond donors (Lipinski definition) is 8. The summed E-state index contributed by atoms with van der Waals surface area (Å²) in [4.78, 5) is 38.3. The molecule has 1 fully saturated rings. The van der Waals surface area contributed by atoms with E-state index in [9.17, 15) is 22.8 Å². The molecule has 0 spiro atoms. The second kappa shape index (κ2) is 18.1. The number of furan rings is 1. The van der Waals surface area contributed by atoms with Crippen LogP contribution in [0, 0.1) is 12.3 Å². The summed E-state index contributed by atoms with van der Waals surface area (Å²) >= 11 is 0. The van der Waals surface area contributed by atoms with Gasteiger partial charge >= 0.3 is 11.9 Å². The average molecular weight is 692 g/mol. The number of aromatic nitrogens is 1. The molecule has 0 saturated heterocycles. The molecule has 2 aromatic heterocycles. The summed E-state index contributed by atoms with van der Waals surface area (Å²) in [6, 6.07) is 8.64. The van der Waals surface area contributed by atoms with Crippen molar-refractivity contribution in [2.24, 2.45) is 11.5 Å². The van der Waals surface area contributed by atoms with E-state index in [1.165, 1.54) is 0 Å². The molecule has 3 aromatic rings. The number of carboxylic acids is 2. The topological polar surface area (TPSA) is 295 Å². The first-order valence-electron chi connectivity index (χ1n) is 15.2. The summed E-state index contributed by atoms with van der Waals surface area (Å²) in [5.74, 6) is -2.04. The number of pyridine rings is 1. The van der Waals surface area contributed by atoms with Gasteiger partial charge in [0.05, 0.1) is 16.6 Å². The number of rotatable bonds is 16. The van der Waals surface area contributed by atoms with Gasteiger partial charge in [0.2, 0.25) is 15.7 Å². The minimum absolute atomic E-state index is 0. The Morgan fingerprint density at radius 1 is 1.10 bits per heavy atom. The molecule has 1 unspecified atom stereocenters. The maximum absolute atomic E-state index is 12.8. The van der Waals surface area contributed by atoms with Crippen LogP contribution in [0.4, 0.5) is 0 Å². The van der Waals surface area contributed by atoms with Crippen molar-refractivity contribution >= 4 is 44.9 Å². The van der Waals surface area contributed by atoms with E-state index in [2.05, 4.69) is 20.3 Å². The lowest BCUT2D eigenvalue weighted by atomic mass is 10.0. The highest BCUT2D eigenvalue weighted by Crippen LogP contribution is 2.44. The number of aryl methyl sites for hydroxylation is 1. The molecule has 1 aliphatic rings. The van der Waals surface area contributed by atoms with Gasteiger partial charge in [-0.1, -0.05) is 29.8 Å². The molecular formula is C31H45N7O9S. The van der Waals surface area contributed by atoms with Gasteiger partial charge in [0.25, 0.3) is 5.91 Å². The molecule has 1 aliphatic carbocycles. The Morgan fingerprint density at radius 3 is 2.33 bits per heavy atom. The second-order valence-corrected chi connectivity index (χ2v) is 13.1. The summed E-state index contributed by atoms with van der Waals surface area (Å²) in [5.41, 5.74) is 13.8. The first-order chi connectivity index (χ1) is 22.2. The molecule has 1 aromatic carbocycles. The lowest BCUT2D eigenvalue weighted by Gasteiger charge is -2.10. The third-order valence-corrected chi connectivity index (χ3v) is 8.67. The van der Waals surface area contributed by atoms with Crippen molar-refractivity contribution in [3.63, 3.8) is 0 Å². The van der Waals surface area contributed by atoms with E-state index in [0.717, 1.165) is 29.5 Å². The summed E-state index contributed by atoms with van der Waals surface area (Å²) < 4.78 is 34.1. The molecule has 0 aliphatic heterocycles. The van der Waals surface area contributed by atoms with Crippen molar-refractivity contribution < 1.29 is 42.9 Å². The second-order valence-electron chi connectivity index (χ2n) is 11.3. The molecule has 1 amide bonds. The van der Waals surface area contributed by atoms with Gasteiger partial charge in [0.1, 0.15) is 17.6 Å². The molecule has 16 nitrogen and oxygen atoms in total. The number of carboxylic acid groups (broad SMARTS) is 2. The Balaban J connectivity index is 0.000000527. The van der Waals surface area contributed by atoms with E-state index < -0.39 is 28.0 Å². The van der Waals surface area contributed by atoms with Crippen molar-refractivity contribution in [1.29, 1.82) is 5.41 Å². The van der Waals surface area contributed by atoms with Gasteiger partial charge in [-0.2, -0.15) is 0 Å². The average Bonchev–Trinajstić information content (AvgIpc) is 3.79. The summed E-state index contributed by atoms with van der Waals surface area (Å²) in [7, 11) is -2.14. The lowest BCUT2D eigenvalue weighted by Crippen LogP contribution is -2.34. The van der Waals surface area contributed by atoms with Crippen molar-refractivity contribution in [2.45, 2.75) is 69.6 Å². The Hall–Kier alpha value is -4.58. The van der Waals surface area contributed by atoms with Crippen LogP contribution in [0.5, 0.6) is 0 Å². The lowest BCUT2D eigenvalue weighted by molar-refractivity contribution is -0.139. The van der Waals surface area contributed by atoms with Crippen LogP contribution in [0.3, 0.4) is 0 Å². The third kappa shape index (κ3) is 11.9. The van der Waals surface area contributed by atoms with Crippen LogP contribution < -0.4 is 26.8 Å². The van der Waals surface area contributed by atoms with Crippen molar-refractivity contribution in [3.8, 4) is 11.3 Å². The number of nitrogens with two attached hydrogens (primary N) is 2. The minimum Gasteiger partial charge on any atom is -0.481 e. The quantitative estimate of drug-likeness (QED) is 0.0603. The first kappa shape index (κ1) is 39.6. The minimum atomic E-state index is -3.69. The predicted octanol–water partition coefficient (Wildman–Crippen LogP) is 1.55. The number of carbonyl (C=O) groups excluding carboxylic acids is 1. The molecule has 1 atom stereocenters. The fourth-order valence-electron chi connectivity index (χ4n) is 4.73. The molecule has 12 N–H and O–H groups in total. The van der Waals surface area contributed by atoms with E-state index in [-0.39, 0.29) is 47.7 Å². The monoisotopic (exact) mass is 691 g/mol. The van der Waals surface area contributed by atoms with Crippen LogP contribution in [0.1, 0.15) is 78.0 Å². The fourth-order valence-corrected chi connectivity index (χ4v) is 5.87. The van der Waals surface area contributed by atoms with E-state index in [4.69, 9.17) is 31.5 Å². The molecule has 1 saturated carbocycles. The molecule has 0 radical (unpaired) electrons. The zero-order chi connectivity index (χ0) is 34.7. The van der Waals surface area contributed by atoms with Gasteiger partial charge in [-0.05, 0) is 63.0 Å². The molecular weight excluding hydrogens is 646 g/mol. The van der Waals surface area contributed by atoms with E-state index in [0.29, 0.717) is 54.6 Å². The van der Waals surface area contributed by atoms with Gasteiger partial charge in [0, 0.05) is 32.1 Å². The SMILES string of the molecule is CNC(=O)c1c(-c2ccc(C)cc2)oc2nc(CS(=O)(=O)NCCCCC(=O)O)c(C3CC3)cc12.N=C(N)NCCCC(N)C(=O)O.O. The number of fused-ring (bicyclic) bond motifs is 1. The molecule has 48 heavy (non-hydrogen) atoms. The molecule has 0 bridgehead atoms. The normalized spacial score (nSPS) is 13.1. The van der Waals surface area contributed by atoms with E-state index in [1.54, 1.807) is 7.05 Å². The standard InChI is InChI=1S/C25H29N3O6S.C6H14N4O2.H2O/c1-15-6-8-17(9-7-15)23-22(24(31)26-2)19-13-18(16-10-11-16)20(28-25(19)34-23)14-35(32,33)27-12-4-3-5-21(29)30;7-4(5(11)12)2-1-3-10-6(8)9;/h6-9,13,16,27H,3-5,10-12,14H2,1-2H3,(H,26,31)(H,29,30);4H,1-3,7H2,(H,11,12)(H4,8,9,10);1H2. The van der Waals surface area contributed by atoms with Gasteiger partial charge in [0.15, 0.2) is 5.96 Å². The number of benzene rings is 1. The molecule has 264 valence electrons. The highest BCUT2D eigenvalue weighted by Gasteiger charge is 2.31. The van der Waals surface area contributed by atoms with Crippen LogP contribution in [-0.4, -0.2) is 79.1 Å². The number of amides is 1. The number of nitrogens with zero attached hydrogens (tertiary/aromatic N) is 1. The van der Waals surface area contributed by atoms with Crippen LogP contribution in [0.2, 0.25) is 0 Å². The maximum Gasteiger partial charge on any atom is 0.320 e. The highest BCUT2D eigenvalue weighted by atomic mass is 32.2. The zero-order valence-electron chi connectivity index (χ0n) is 27.0. The third-order valence-electron chi connectivity index (χ3n) is 7.37. The van der Waals surface area contributed by atoms with Crippen LogP contribution in [0.15, 0.2) is 34.7 Å².